The Hall–Kier alpha value is -3.06. The summed E-state index contributed by atoms with van der Waals surface area (Å²) in [6, 6.07) is 14.3. The zero-order valence-electron chi connectivity index (χ0n) is 13.5. The number of aromatic nitrogens is 2. The van der Waals surface area contributed by atoms with Gasteiger partial charge in [-0.05, 0) is 54.8 Å². The molecule has 3 aromatic rings. The van der Waals surface area contributed by atoms with E-state index in [1.807, 2.05) is 17.5 Å². The Bertz CT molecular complexity index is 859. The molecule has 1 aromatic carbocycles. The lowest BCUT2D eigenvalue weighted by atomic mass is 10.1. The summed E-state index contributed by atoms with van der Waals surface area (Å²) in [4.78, 5) is 24.2. The van der Waals surface area contributed by atoms with E-state index < -0.39 is 0 Å². The fraction of sp³-hybridized carbons (Fsp3) is 0.111. The highest BCUT2D eigenvalue weighted by molar-refractivity contribution is 7.10. The molecule has 0 spiro atoms. The van der Waals surface area contributed by atoms with Crippen LogP contribution in [0.4, 0.5) is 17.3 Å². The lowest BCUT2D eigenvalue weighted by molar-refractivity contribution is -0.115. The molecule has 3 rings (SSSR count). The second-order valence-electron chi connectivity index (χ2n) is 5.37. The van der Waals surface area contributed by atoms with Gasteiger partial charge in [-0.25, -0.2) is 0 Å². The average molecular weight is 352 g/mol. The summed E-state index contributed by atoms with van der Waals surface area (Å²) in [6.07, 6.45) is 0.321. The molecule has 2 N–H and O–H groups in total. The third kappa shape index (κ3) is 4.71. The molecular weight excluding hydrogens is 336 g/mol. The Balaban J connectivity index is 1.58. The molecule has 0 aliphatic heterocycles. The fourth-order valence-electron chi connectivity index (χ4n) is 2.16. The first-order chi connectivity index (χ1) is 12.1. The van der Waals surface area contributed by atoms with Crippen molar-refractivity contribution in [2.75, 3.05) is 10.6 Å². The van der Waals surface area contributed by atoms with E-state index in [4.69, 9.17) is 0 Å². The van der Waals surface area contributed by atoms with Crippen molar-refractivity contribution in [2.24, 2.45) is 0 Å². The van der Waals surface area contributed by atoms with E-state index in [0.29, 0.717) is 23.6 Å². The highest BCUT2D eigenvalue weighted by Crippen LogP contribution is 2.16. The molecule has 2 heterocycles. The first kappa shape index (κ1) is 16.8. The van der Waals surface area contributed by atoms with Crippen LogP contribution < -0.4 is 10.6 Å². The van der Waals surface area contributed by atoms with Crippen molar-refractivity contribution in [1.82, 2.24) is 10.2 Å². The largest absolute Gasteiger partial charge is 0.339 e. The SMILES string of the molecule is CC(=O)c1ccc(Nc2ccc(NC(=O)Cc3cccs3)nn2)cc1. The van der Waals surface area contributed by atoms with Gasteiger partial charge in [0, 0.05) is 16.1 Å². The van der Waals surface area contributed by atoms with Gasteiger partial charge in [-0.3, -0.25) is 9.59 Å². The van der Waals surface area contributed by atoms with Crippen molar-refractivity contribution < 1.29 is 9.59 Å². The second kappa shape index (κ2) is 7.67. The normalized spacial score (nSPS) is 10.3. The van der Waals surface area contributed by atoms with Gasteiger partial charge in [0.2, 0.25) is 5.91 Å². The number of hydrogen-bond acceptors (Lipinski definition) is 6. The number of ketones is 1. The van der Waals surface area contributed by atoms with Gasteiger partial charge in [-0.15, -0.1) is 21.5 Å². The monoisotopic (exact) mass is 352 g/mol. The Morgan fingerprint density at radius 1 is 1.00 bits per heavy atom. The number of hydrogen-bond donors (Lipinski definition) is 2. The van der Waals surface area contributed by atoms with Gasteiger partial charge in [-0.1, -0.05) is 6.07 Å². The lowest BCUT2D eigenvalue weighted by Gasteiger charge is -2.07. The van der Waals surface area contributed by atoms with Crippen LogP contribution in [0, 0.1) is 0 Å². The van der Waals surface area contributed by atoms with Gasteiger partial charge in [0.25, 0.3) is 0 Å². The molecule has 25 heavy (non-hydrogen) atoms. The predicted molar refractivity (Wildman–Crippen MR) is 98.4 cm³/mol. The van der Waals surface area contributed by atoms with Crippen molar-refractivity contribution in [3.05, 3.63) is 64.4 Å². The number of nitrogens with one attached hydrogen (secondary N) is 2. The standard InChI is InChI=1S/C18H16N4O2S/c1-12(23)13-4-6-14(7-5-13)19-16-8-9-17(22-21-16)20-18(24)11-15-3-2-10-25-15/h2-10H,11H2,1H3,(H,19,21)(H,20,22,24). The van der Waals surface area contributed by atoms with Crippen LogP contribution in [0.1, 0.15) is 22.2 Å². The van der Waals surface area contributed by atoms with E-state index in [9.17, 15) is 9.59 Å². The van der Waals surface area contributed by atoms with Gasteiger partial charge in [0.15, 0.2) is 17.4 Å². The molecule has 6 nitrogen and oxygen atoms in total. The molecule has 0 aliphatic carbocycles. The van der Waals surface area contributed by atoms with Gasteiger partial charge >= 0.3 is 0 Å². The maximum Gasteiger partial charge on any atom is 0.230 e. The van der Waals surface area contributed by atoms with Gasteiger partial charge in [0.05, 0.1) is 6.42 Å². The molecule has 0 saturated carbocycles. The summed E-state index contributed by atoms with van der Waals surface area (Å²) < 4.78 is 0. The number of nitrogens with zero attached hydrogens (tertiary/aromatic N) is 2. The number of anilines is 3. The van der Waals surface area contributed by atoms with Crippen LogP contribution >= 0.6 is 11.3 Å². The minimum absolute atomic E-state index is 0.0222. The van der Waals surface area contributed by atoms with Crippen LogP contribution in [0.25, 0.3) is 0 Å². The molecule has 0 radical (unpaired) electrons. The minimum Gasteiger partial charge on any atom is -0.339 e. The molecule has 1 amide bonds. The molecule has 0 fully saturated rings. The smallest absolute Gasteiger partial charge is 0.230 e. The van der Waals surface area contributed by atoms with E-state index >= 15 is 0 Å². The van der Waals surface area contributed by atoms with E-state index in [0.717, 1.165) is 10.6 Å². The quantitative estimate of drug-likeness (QED) is 0.661. The minimum atomic E-state index is -0.128. The maximum absolute atomic E-state index is 11.9. The highest BCUT2D eigenvalue weighted by atomic mass is 32.1. The number of benzene rings is 1. The molecule has 0 atom stereocenters. The third-order valence-electron chi connectivity index (χ3n) is 3.41. The number of Topliss-reactive ketones (excluding diaryl/α,β-unsaturated/α-hetero) is 1. The fourth-order valence-corrected chi connectivity index (χ4v) is 2.86. The van der Waals surface area contributed by atoms with E-state index in [1.165, 1.54) is 6.92 Å². The van der Waals surface area contributed by atoms with Gasteiger partial charge in [0.1, 0.15) is 0 Å². The molecule has 0 bridgehead atoms. The second-order valence-corrected chi connectivity index (χ2v) is 6.40. The van der Waals surface area contributed by atoms with E-state index in [2.05, 4.69) is 20.8 Å². The first-order valence-electron chi connectivity index (χ1n) is 7.64. The van der Waals surface area contributed by atoms with Crippen LogP contribution in [-0.2, 0) is 11.2 Å². The van der Waals surface area contributed by atoms with Crippen LogP contribution in [-0.4, -0.2) is 21.9 Å². The van der Waals surface area contributed by atoms with Crippen molar-refractivity contribution >= 4 is 40.4 Å². The highest BCUT2D eigenvalue weighted by Gasteiger charge is 2.06. The molecule has 7 heteroatoms. The Morgan fingerprint density at radius 3 is 2.32 bits per heavy atom. The molecule has 126 valence electrons. The Morgan fingerprint density at radius 2 is 1.72 bits per heavy atom. The zero-order chi connectivity index (χ0) is 17.6. The van der Waals surface area contributed by atoms with Crippen molar-refractivity contribution in [3.63, 3.8) is 0 Å². The summed E-state index contributed by atoms with van der Waals surface area (Å²) in [6.45, 7) is 1.53. The number of thiophene rings is 1. The Labute approximate surface area is 148 Å². The number of rotatable bonds is 6. The zero-order valence-corrected chi connectivity index (χ0v) is 14.3. The van der Waals surface area contributed by atoms with Crippen LogP contribution in [0.2, 0.25) is 0 Å². The summed E-state index contributed by atoms with van der Waals surface area (Å²) in [5, 5.41) is 15.8. The average Bonchev–Trinajstić information content (AvgIpc) is 3.10. The van der Waals surface area contributed by atoms with Crippen molar-refractivity contribution in [3.8, 4) is 0 Å². The predicted octanol–water partition coefficient (Wildman–Crippen LogP) is 3.67. The number of carbonyl (C=O) groups excluding carboxylic acids is 2. The van der Waals surface area contributed by atoms with Crippen molar-refractivity contribution in [2.45, 2.75) is 13.3 Å². The summed E-state index contributed by atoms with van der Waals surface area (Å²) in [5.41, 5.74) is 1.45. The molecule has 0 aliphatic rings. The maximum atomic E-state index is 11.9. The van der Waals surface area contributed by atoms with Crippen molar-refractivity contribution in [1.29, 1.82) is 0 Å². The summed E-state index contributed by atoms with van der Waals surface area (Å²) in [5.74, 6) is 0.845. The van der Waals surface area contributed by atoms with Gasteiger partial charge in [-0.2, -0.15) is 0 Å². The third-order valence-corrected chi connectivity index (χ3v) is 4.29. The van der Waals surface area contributed by atoms with E-state index in [1.54, 1.807) is 47.7 Å². The van der Waals surface area contributed by atoms with Crippen LogP contribution in [0.15, 0.2) is 53.9 Å². The van der Waals surface area contributed by atoms with E-state index in [-0.39, 0.29) is 11.7 Å². The molecule has 0 saturated heterocycles. The topological polar surface area (TPSA) is 84.0 Å². The number of amides is 1. The molecule has 2 aromatic heterocycles. The van der Waals surface area contributed by atoms with Gasteiger partial charge < -0.3 is 10.6 Å². The first-order valence-corrected chi connectivity index (χ1v) is 8.52. The molecular formula is C18H16N4O2S. The van der Waals surface area contributed by atoms with Crippen LogP contribution in [0.3, 0.4) is 0 Å². The molecule has 0 unspecified atom stereocenters. The van der Waals surface area contributed by atoms with Crippen LogP contribution in [0.5, 0.6) is 0 Å². The Kier molecular flexibility index (Phi) is 5.15. The summed E-state index contributed by atoms with van der Waals surface area (Å²) >= 11 is 1.54. The lowest BCUT2D eigenvalue weighted by Crippen LogP contribution is -2.15. The summed E-state index contributed by atoms with van der Waals surface area (Å²) in [7, 11) is 0. The number of carbonyl (C=O) groups is 2.